The molecule has 0 aromatic heterocycles. The van der Waals surface area contributed by atoms with E-state index in [9.17, 15) is 9.59 Å². The molecule has 108 valence electrons. The molecule has 0 rings (SSSR count). The van der Waals surface area contributed by atoms with E-state index in [1.54, 1.807) is 19.0 Å². The highest BCUT2D eigenvalue weighted by Crippen LogP contribution is 2.02. The van der Waals surface area contributed by atoms with Crippen molar-refractivity contribution in [3.63, 3.8) is 0 Å². The van der Waals surface area contributed by atoms with E-state index in [4.69, 9.17) is 5.73 Å². The fourth-order valence-corrected chi connectivity index (χ4v) is 1.38. The number of nitrogens with zero attached hydrogens (tertiary/aromatic N) is 2. The van der Waals surface area contributed by atoms with Gasteiger partial charge in [-0.25, -0.2) is 0 Å². The molecule has 0 aliphatic rings. The first-order valence-corrected chi connectivity index (χ1v) is 6.12. The molecule has 0 fully saturated rings. The lowest BCUT2D eigenvalue weighted by atomic mass is 10.2. The number of hydrogen-bond acceptors (Lipinski definition) is 3. The van der Waals surface area contributed by atoms with Gasteiger partial charge in [0, 0.05) is 33.1 Å². The van der Waals surface area contributed by atoms with Crippen LogP contribution < -0.4 is 5.73 Å². The van der Waals surface area contributed by atoms with Crippen molar-refractivity contribution in [3.8, 4) is 0 Å². The first kappa shape index (κ1) is 19.5. The highest BCUT2D eigenvalue weighted by atomic mass is 35.5. The predicted molar refractivity (Wildman–Crippen MR) is 75.7 cm³/mol. The van der Waals surface area contributed by atoms with Crippen molar-refractivity contribution in [3.05, 3.63) is 0 Å². The summed E-state index contributed by atoms with van der Waals surface area (Å²) in [6, 6.07) is 0.0203. The second kappa shape index (κ2) is 10.1. The first-order valence-electron chi connectivity index (χ1n) is 6.12. The number of carbonyl (C=O) groups is 2. The monoisotopic (exact) mass is 279 g/mol. The fourth-order valence-electron chi connectivity index (χ4n) is 1.38. The van der Waals surface area contributed by atoms with Crippen molar-refractivity contribution >= 4 is 24.2 Å². The Hall–Kier alpha value is -0.810. The number of carbonyl (C=O) groups excluding carboxylic acids is 2. The van der Waals surface area contributed by atoms with Crippen LogP contribution in [0.15, 0.2) is 0 Å². The van der Waals surface area contributed by atoms with Crippen molar-refractivity contribution in [2.45, 2.75) is 39.2 Å². The molecule has 1 unspecified atom stereocenters. The maximum atomic E-state index is 11.9. The molecule has 0 radical (unpaired) electrons. The van der Waals surface area contributed by atoms with Crippen LogP contribution in [0.2, 0.25) is 0 Å². The summed E-state index contributed by atoms with van der Waals surface area (Å²) in [6.07, 6.45) is 1.93. The third kappa shape index (κ3) is 8.31. The number of halogens is 1. The van der Waals surface area contributed by atoms with Crippen LogP contribution in [-0.2, 0) is 9.59 Å². The van der Waals surface area contributed by atoms with Crippen LogP contribution in [0, 0.1) is 0 Å². The third-order valence-electron chi connectivity index (χ3n) is 2.48. The topological polar surface area (TPSA) is 66.6 Å². The van der Waals surface area contributed by atoms with E-state index < -0.39 is 0 Å². The summed E-state index contributed by atoms with van der Waals surface area (Å²) in [5, 5.41) is 0. The number of amides is 2. The average molecular weight is 280 g/mol. The molecule has 18 heavy (non-hydrogen) atoms. The summed E-state index contributed by atoms with van der Waals surface area (Å²) in [5.74, 6) is -0.0352. The highest BCUT2D eigenvalue weighted by molar-refractivity contribution is 5.85. The molecule has 5 nitrogen and oxygen atoms in total. The van der Waals surface area contributed by atoms with Crippen LogP contribution in [-0.4, -0.2) is 54.8 Å². The van der Waals surface area contributed by atoms with Crippen LogP contribution in [0.3, 0.4) is 0 Å². The van der Waals surface area contributed by atoms with E-state index in [1.807, 2.05) is 13.8 Å². The molecule has 0 aromatic rings. The van der Waals surface area contributed by atoms with E-state index in [1.165, 1.54) is 4.90 Å². The Morgan fingerprint density at radius 2 is 1.78 bits per heavy atom. The lowest BCUT2D eigenvalue weighted by Gasteiger charge is -2.23. The molecule has 0 bridgehead atoms. The summed E-state index contributed by atoms with van der Waals surface area (Å²) < 4.78 is 0. The van der Waals surface area contributed by atoms with Gasteiger partial charge in [0.1, 0.15) is 0 Å². The van der Waals surface area contributed by atoms with Gasteiger partial charge in [0.15, 0.2) is 0 Å². The van der Waals surface area contributed by atoms with Gasteiger partial charge in [0.05, 0.1) is 6.54 Å². The van der Waals surface area contributed by atoms with Gasteiger partial charge >= 0.3 is 0 Å². The molecular formula is C12H26ClN3O2. The number of nitrogens with two attached hydrogens (primary N) is 1. The van der Waals surface area contributed by atoms with Gasteiger partial charge in [-0.05, 0) is 19.8 Å². The zero-order valence-corrected chi connectivity index (χ0v) is 12.6. The van der Waals surface area contributed by atoms with Gasteiger partial charge in [0.2, 0.25) is 11.8 Å². The SMILES string of the molecule is CCCN(CC(=O)N(C)C)C(=O)CCC(C)N.Cl. The molecule has 0 saturated heterocycles. The maximum Gasteiger partial charge on any atom is 0.241 e. The molecule has 0 aliphatic heterocycles. The minimum atomic E-state index is -0.0485. The highest BCUT2D eigenvalue weighted by Gasteiger charge is 2.17. The summed E-state index contributed by atoms with van der Waals surface area (Å²) in [5.41, 5.74) is 5.62. The summed E-state index contributed by atoms with van der Waals surface area (Å²) in [7, 11) is 3.39. The Labute approximate surface area is 116 Å². The smallest absolute Gasteiger partial charge is 0.241 e. The van der Waals surface area contributed by atoms with Crippen LogP contribution >= 0.6 is 12.4 Å². The van der Waals surface area contributed by atoms with Gasteiger partial charge in [0.25, 0.3) is 0 Å². The molecule has 0 aliphatic carbocycles. The van der Waals surface area contributed by atoms with Crippen molar-refractivity contribution < 1.29 is 9.59 Å². The van der Waals surface area contributed by atoms with Gasteiger partial charge in [-0.3, -0.25) is 9.59 Å². The zero-order valence-electron chi connectivity index (χ0n) is 11.8. The quantitative estimate of drug-likeness (QED) is 0.752. The van der Waals surface area contributed by atoms with Crippen LogP contribution in [0.5, 0.6) is 0 Å². The zero-order chi connectivity index (χ0) is 13.4. The summed E-state index contributed by atoms with van der Waals surface area (Å²) >= 11 is 0. The molecule has 2 N–H and O–H groups in total. The van der Waals surface area contributed by atoms with Gasteiger partial charge < -0.3 is 15.5 Å². The fraction of sp³-hybridized carbons (Fsp3) is 0.833. The van der Waals surface area contributed by atoms with E-state index in [0.29, 0.717) is 19.4 Å². The Morgan fingerprint density at radius 1 is 1.22 bits per heavy atom. The Kier molecular flexibility index (Phi) is 11.0. The second-order valence-corrected chi connectivity index (χ2v) is 4.62. The van der Waals surface area contributed by atoms with Gasteiger partial charge in [-0.15, -0.1) is 12.4 Å². The average Bonchev–Trinajstić information content (AvgIpc) is 2.24. The lowest BCUT2D eigenvalue weighted by molar-refractivity contribution is -0.139. The van der Waals surface area contributed by atoms with Crippen LogP contribution in [0.25, 0.3) is 0 Å². The van der Waals surface area contributed by atoms with E-state index in [0.717, 1.165) is 6.42 Å². The summed E-state index contributed by atoms with van der Waals surface area (Å²) in [4.78, 5) is 26.6. The van der Waals surface area contributed by atoms with Gasteiger partial charge in [-0.1, -0.05) is 6.92 Å². The van der Waals surface area contributed by atoms with E-state index >= 15 is 0 Å². The Balaban J connectivity index is 0. The predicted octanol–water partition coefficient (Wildman–Crippen LogP) is 0.862. The van der Waals surface area contributed by atoms with Crippen LogP contribution in [0.1, 0.15) is 33.1 Å². The molecule has 0 spiro atoms. The normalized spacial score (nSPS) is 11.4. The molecule has 0 saturated carbocycles. The van der Waals surface area contributed by atoms with Crippen molar-refractivity contribution in [1.82, 2.24) is 9.80 Å². The summed E-state index contributed by atoms with van der Waals surface area (Å²) in [6.45, 7) is 4.66. The lowest BCUT2D eigenvalue weighted by Crippen LogP contribution is -2.41. The second-order valence-electron chi connectivity index (χ2n) is 4.62. The Bertz CT molecular complexity index is 258. The van der Waals surface area contributed by atoms with Crippen LogP contribution in [0.4, 0.5) is 0 Å². The van der Waals surface area contributed by atoms with Crippen molar-refractivity contribution in [2.75, 3.05) is 27.2 Å². The molecule has 0 aromatic carbocycles. The number of rotatable bonds is 7. The number of likely N-dealkylation sites (N-methyl/N-ethyl adjacent to an activating group) is 1. The molecule has 2 amide bonds. The molecular weight excluding hydrogens is 254 g/mol. The standard InChI is InChI=1S/C12H25N3O2.ClH/c1-5-8-15(9-12(17)14(3)4)11(16)7-6-10(2)13;/h10H,5-9,13H2,1-4H3;1H. The largest absolute Gasteiger partial charge is 0.347 e. The van der Waals surface area contributed by atoms with E-state index in [-0.39, 0.29) is 36.8 Å². The Morgan fingerprint density at radius 3 is 2.17 bits per heavy atom. The van der Waals surface area contributed by atoms with Crippen molar-refractivity contribution in [1.29, 1.82) is 0 Å². The molecule has 6 heteroatoms. The molecule has 0 heterocycles. The maximum absolute atomic E-state index is 11.9. The van der Waals surface area contributed by atoms with Crippen molar-refractivity contribution in [2.24, 2.45) is 5.73 Å². The van der Waals surface area contributed by atoms with E-state index in [2.05, 4.69) is 0 Å². The number of hydrogen-bond donors (Lipinski definition) is 1. The third-order valence-corrected chi connectivity index (χ3v) is 2.48. The minimum Gasteiger partial charge on any atom is -0.347 e. The minimum absolute atomic E-state index is 0. The molecule has 1 atom stereocenters. The first-order chi connectivity index (χ1) is 7.88. The van der Waals surface area contributed by atoms with Gasteiger partial charge in [-0.2, -0.15) is 0 Å².